The molecule has 2 heterocycles. The SMILES string of the molecule is Cc1cc(C)c2c(c1)C=CCC1OC(C)(C)OC1C(C)C=CC(C)CNC2=O. The van der Waals surface area contributed by atoms with Crippen LogP contribution in [0.3, 0.4) is 0 Å². The van der Waals surface area contributed by atoms with Crippen LogP contribution < -0.4 is 5.32 Å². The molecule has 0 bridgehead atoms. The van der Waals surface area contributed by atoms with Crippen molar-refractivity contribution in [2.24, 2.45) is 11.8 Å². The first-order chi connectivity index (χ1) is 13.2. The Hall–Kier alpha value is -1.91. The van der Waals surface area contributed by atoms with Crippen LogP contribution in [0.1, 0.15) is 61.2 Å². The zero-order chi connectivity index (χ0) is 20.5. The van der Waals surface area contributed by atoms with E-state index in [1.54, 1.807) is 0 Å². The van der Waals surface area contributed by atoms with E-state index in [1.165, 1.54) is 0 Å². The van der Waals surface area contributed by atoms with Crippen LogP contribution in [0.5, 0.6) is 0 Å². The van der Waals surface area contributed by atoms with E-state index < -0.39 is 5.79 Å². The summed E-state index contributed by atoms with van der Waals surface area (Å²) in [5.41, 5.74) is 3.86. The second-order valence-corrected chi connectivity index (χ2v) is 8.75. The highest BCUT2D eigenvalue weighted by Gasteiger charge is 2.42. The summed E-state index contributed by atoms with van der Waals surface area (Å²) >= 11 is 0. The third kappa shape index (κ3) is 4.73. The zero-order valence-corrected chi connectivity index (χ0v) is 17.9. The number of fused-ring (bicyclic) bond motifs is 2. The molecule has 3 rings (SSSR count). The van der Waals surface area contributed by atoms with Gasteiger partial charge in [-0.05, 0) is 51.2 Å². The molecule has 2 aliphatic rings. The molecule has 152 valence electrons. The maximum atomic E-state index is 12.9. The molecule has 4 atom stereocenters. The van der Waals surface area contributed by atoms with Crippen LogP contribution in [-0.4, -0.2) is 30.4 Å². The van der Waals surface area contributed by atoms with Crippen molar-refractivity contribution < 1.29 is 14.3 Å². The summed E-state index contributed by atoms with van der Waals surface area (Å²) in [6, 6.07) is 4.14. The molecule has 1 amide bonds. The number of ether oxygens (including phenoxy) is 2. The number of aryl methyl sites for hydroxylation is 2. The van der Waals surface area contributed by atoms with Gasteiger partial charge in [0.25, 0.3) is 5.91 Å². The molecule has 4 nitrogen and oxygen atoms in total. The van der Waals surface area contributed by atoms with Gasteiger partial charge < -0.3 is 14.8 Å². The Bertz CT molecular complexity index is 793. The molecule has 1 saturated heterocycles. The summed E-state index contributed by atoms with van der Waals surface area (Å²) in [7, 11) is 0. The molecule has 0 aliphatic carbocycles. The topological polar surface area (TPSA) is 47.6 Å². The average Bonchev–Trinajstić information content (AvgIpc) is 2.91. The second-order valence-electron chi connectivity index (χ2n) is 8.75. The molecule has 4 unspecified atom stereocenters. The monoisotopic (exact) mass is 383 g/mol. The van der Waals surface area contributed by atoms with Crippen molar-refractivity contribution in [2.75, 3.05) is 6.54 Å². The number of amides is 1. The highest BCUT2D eigenvalue weighted by molar-refractivity contribution is 5.99. The summed E-state index contributed by atoms with van der Waals surface area (Å²) in [4.78, 5) is 12.9. The summed E-state index contributed by atoms with van der Waals surface area (Å²) < 4.78 is 12.4. The predicted molar refractivity (Wildman–Crippen MR) is 113 cm³/mol. The number of hydrogen-bond acceptors (Lipinski definition) is 3. The molecule has 0 aromatic heterocycles. The van der Waals surface area contributed by atoms with Gasteiger partial charge in [-0.25, -0.2) is 0 Å². The fourth-order valence-corrected chi connectivity index (χ4v) is 4.15. The molecule has 0 saturated carbocycles. The number of carbonyl (C=O) groups excluding carboxylic acids is 1. The molecule has 0 spiro atoms. The van der Waals surface area contributed by atoms with E-state index in [1.807, 2.05) is 20.8 Å². The van der Waals surface area contributed by atoms with Gasteiger partial charge in [-0.2, -0.15) is 0 Å². The van der Waals surface area contributed by atoms with Gasteiger partial charge in [-0.3, -0.25) is 4.79 Å². The van der Waals surface area contributed by atoms with E-state index in [0.29, 0.717) is 6.54 Å². The third-order valence-corrected chi connectivity index (χ3v) is 5.47. The summed E-state index contributed by atoms with van der Waals surface area (Å²) in [5.74, 6) is -0.110. The zero-order valence-electron chi connectivity index (χ0n) is 17.9. The Morgan fingerprint density at radius 3 is 2.61 bits per heavy atom. The summed E-state index contributed by atoms with van der Waals surface area (Å²) in [6.45, 7) is 12.9. The third-order valence-electron chi connectivity index (χ3n) is 5.47. The Balaban J connectivity index is 1.98. The lowest BCUT2D eigenvalue weighted by Gasteiger charge is -2.21. The van der Waals surface area contributed by atoms with Gasteiger partial charge in [0.1, 0.15) is 0 Å². The van der Waals surface area contributed by atoms with Crippen LogP contribution >= 0.6 is 0 Å². The number of hydrogen-bond donors (Lipinski definition) is 1. The number of carbonyl (C=O) groups is 1. The van der Waals surface area contributed by atoms with Crippen molar-refractivity contribution in [3.63, 3.8) is 0 Å². The van der Waals surface area contributed by atoms with Crippen molar-refractivity contribution >= 4 is 12.0 Å². The van der Waals surface area contributed by atoms with E-state index in [0.717, 1.165) is 28.7 Å². The lowest BCUT2D eigenvalue weighted by molar-refractivity contribution is -0.148. The minimum Gasteiger partial charge on any atom is -0.351 e. The lowest BCUT2D eigenvalue weighted by Crippen LogP contribution is -2.30. The van der Waals surface area contributed by atoms with E-state index in [4.69, 9.17) is 9.47 Å². The van der Waals surface area contributed by atoms with Gasteiger partial charge >= 0.3 is 0 Å². The van der Waals surface area contributed by atoms with Crippen LogP contribution in [0.15, 0.2) is 30.4 Å². The van der Waals surface area contributed by atoms with E-state index in [-0.39, 0.29) is 30.0 Å². The fourth-order valence-electron chi connectivity index (χ4n) is 4.15. The van der Waals surface area contributed by atoms with Gasteiger partial charge in [-0.15, -0.1) is 0 Å². The maximum absolute atomic E-state index is 12.9. The number of nitrogens with one attached hydrogen (secondary N) is 1. The maximum Gasteiger partial charge on any atom is 0.252 e. The molecule has 1 aromatic rings. The second kappa shape index (κ2) is 8.22. The minimum atomic E-state index is -0.576. The lowest BCUT2D eigenvalue weighted by atomic mass is 9.94. The highest BCUT2D eigenvalue weighted by Crippen LogP contribution is 2.35. The van der Waals surface area contributed by atoms with E-state index in [9.17, 15) is 4.79 Å². The van der Waals surface area contributed by atoms with Gasteiger partial charge in [-0.1, -0.05) is 55.8 Å². The van der Waals surface area contributed by atoms with Crippen LogP contribution in [0.25, 0.3) is 6.08 Å². The Labute approximate surface area is 169 Å². The smallest absolute Gasteiger partial charge is 0.252 e. The van der Waals surface area contributed by atoms with Gasteiger partial charge in [0.05, 0.1) is 12.2 Å². The quantitative estimate of drug-likeness (QED) is 0.655. The predicted octanol–water partition coefficient (Wildman–Crippen LogP) is 4.80. The molecule has 0 radical (unpaired) electrons. The van der Waals surface area contributed by atoms with Gasteiger partial charge in [0, 0.05) is 18.0 Å². The fraction of sp³-hybridized carbons (Fsp3) is 0.542. The first-order valence-electron chi connectivity index (χ1n) is 10.3. The minimum absolute atomic E-state index is 0.00710. The molecule has 1 fully saturated rings. The first kappa shape index (κ1) is 20.8. The molecule has 1 aromatic carbocycles. The van der Waals surface area contributed by atoms with E-state index in [2.05, 4.69) is 62.5 Å². The van der Waals surface area contributed by atoms with Crippen molar-refractivity contribution in [3.05, 3.63) is 52.6 Å². The van der Waals surface area contributed by atoms with Crippen LogP contribution in [0.4, 0.5) is 0 Å². The normalized spacial score (nSPS) is 30.3. The van der Waals surface area contributed by atoms with Crippen molar-refractivity contribution in [1.82, 2.24) is 5.32 Å². The van der Waals surface area contributed by atoms with Gasteiger partial charge in [0.15, 0.2) is 5.79 Å². The average molecular weight is 384 g/mol. The van der Waals surface area contributed by atoms with Crippen molar-refractivity contribution in [3.8, 4) is 0 Å². The van der Waals surface area contributed by atoms with Crippen LogP contribution in [0.2, 0.25) is 0 Å². The molecule has 2 aliphatic heterocycles. The summed E-state index contributed by atoms with van der Waals surface area (Å²) in [6.07, 6.45) is 9.27. The Morgan fingerprint density at radius 1 is 1.11 bits per heavy atom. The Morgan fingerprint density at radius 2 is 1.86 bits per heavy atom. The standard InChI is InChI=1S/C24H33NO3/c1-15-10-11-17(3)22-20(27-24(5,6)28-22)9-7-8-19-13-16(2)12-18(4)21(19)23(26)25-14-15/h7-8,10-13,15,17,20,22H,9,14H2,1-6H3,(H,25,26). The molecule has 1 N–H and O–H groups in total. The number of rotatable bonds is 0. The van der Waals surface area contributed by atoms with Crippen molar-refractivity contribution in [2.45, 2.75) is 66.0 Å². The molecule has 28 heavy (non-hydrogen) atoms. The van der Waals surface area contributed by atoms with Crippen LogP contribution in [0, 0.1) is 25.7 Å². The van der Waals surface area contributed by atoms with Crippen LogP contribution in [-0.2, 0) is 9.47 Å². The van der Waals surface area contributed by atoms with Gasteiger partial charge in [0.2, 0.25) is 0 Å². The molecular weight excluding hydrogens is 350 g/mol. The summed E-state index contributed by atoms with van der Waals surface area (Å²) in [5, 5.41) is 3.10. The Kier molecular flexibility index (Phi) is 6.11. The number of benzene rings is 1. The highest BCUT2D eigenvalue weighted by atomic mass is 16.7. The van der Waals surface area contributed by atoms with Crippen molar-refractivity contribution in [1.29, 1.82) is 0 Å². The molecule has 4 heteroatoms. The first-order valence-corrected chi connectivity index (χ1v) is 10.3. The van der Waals surface area contributed by atoms with E-state index >= 15 is 0 Å². The largest absolute Gasteiger partial charge is 0.351 e. The molecular formula is C24H33NO3.